The molecule has 0 radical (unpaired) electrons. The Kier molecular flexibility index (Phi) is 4.78. The van der Waals surface area contributed by atoms with Crippen LogP contribution in [0.1, 0.15) is 53.4 Å². The van der Waals surface area contributed by atoms with E-state index in [-0.39, 0.29) is 11.9 Å². The van der Waals surface area contributed by atoms with Crippen LogP contribution in [0.2, 0.25) is 0 Å². The van der Waals surface area contributed by atoms with E-state index in [9.17, 15) is 4.79 Å². The van der Waals surface area contributed by atoms with E-state index in [0.717, 1.165) is 19.3 Å². The quantitative estimate of drug-likeness (QED) is 0.801. The van der Waals surface area contributed by atoms with E-state index in [1.165, 1.54) is 6.42 Å². The average Bonchev–Trinajstić information content (AvgIpc) is 2.16. The molecule has 16 heavy (non-hydrogen) atoms. The van der Waals surface area contributed by atoms with Crippen LogP contribution in [0, 0.1) is 5.92 Å². The van der Waals surface area contributed by atoms with E-state index in [1.807, 2.05) is 4.90 Å². The standard InChI is InChI=1S/C13H26N2O/c1-9(2)8-12(14)13(16)15-10(3)6-5-7-11(15)4/h9-12H,5-8,14H2,1-4H3/t10-,11+,12-/m0/s1. The summed E-state index contributed by atoms with van der Waals surface area (Å²) in [6.07, 6.45) is 4.25. The zero-order valence-corrected chi connectivity index (χ0v) is 11.1. The summed E-state index contributed by atoms with van der Waals surface area (Å²) < 4.78 is 0. The van der Waals surface area contributed by atoms with E-state index < -0.39 is 0 Å². The molecule has 1 fully saturated rings. The molecule has 1 heterocycles. The SMILES string of the molecule is CC(C)C[C@H](N)C(=O)N1[C@H](C)CCC[C@@H]1C. The first-order valence-electron chi connectivity index (χ1n) is 6.51. The van der Waals surface area contributed by atoms with Crippen LogP contribution >= 0.6 is 0 Å². The first-order valence-corrected chi connectivity index (χ1v) is 6.51. The molecule has 0 saturated carbocycles. The Bertz CT molecular complexity index is 230. The van der Waals surface area contributed by atoms with E-state index in [0.29, 0.717) is 18.0 Å². The van der Waals surface area contributed by atoms with Gasteiger partial charge in [-0.25, -0.2) is 0 Å². The first-order chi connectivity index (χ1) is 7.43. The number of piperidine rings is 1. The van der Waals surface area contributed by atoms with Gasteiger partial charge in [-0.05, 0) is 45.4 Å². The molecule has 0 aliphatic carbocycles. The minimum absolute atomic E-state index is 0.147. The molecule has 0 spiro atoms. The maximum Gasteiger partial charge on any atom is 0.239 e. The van der Waals surface area contributed by atoms with Gasteiger partial charge in [-0.2, -0.15) is 0 Å². The molecule has 3 nitrogen and oxygen atoms in total. The van der Waals surface area contributed by atoms with Crippen molar-refractivity contribution in [2.45, 2.75) is 71.5 Å². The number of carbonyl (C=O) groups excluding carboxylic acids is 1. The summed E-state index contributed by atoms with van der Waals surface area (Å²) >= 11 is 0. The molecule has 1 aliphatic heterocycles. The number of amides is 1. The highest BCUT2D eigenvalue weighted by atomic mass is 16.2. The molecule has 94 valence electrons. The second kappa shape index (κ2) is 5.67. The van der Waals surface area contributed by atoms with Crippen molar-refractivity contribution in [1.29, 1.82) is 0 Å². The largest absolute Gasteiger partial charge is 0.336 e. The molecule has 3 heteroatoms. The highest BCUT2D eigenvalue weighted by Crippen LogP contribution is 2.23. The van der Waals surface area contributed by atoms with E-state index in [2.05, 4.69) is 27.7 Å². The predicted octanol–water partition coefficient (Wildman–Crippen LogP) is 2.15. The number of rotatable bonds is 3. The summed E-state index contributed by atoms with van der Waals surface area (Å²) in [6.45, 7) is 8.48. The third-order valence-corrected chi connectivity index (χ3v) is 3.49. The van der Waals surface area contributed by atoms with E-state index >= 15 is 0 Å². The summed E-state index contributed by atoms with van der Waals surface area (Å²) in [7, 11) is 0. The molecular weight excluding hydrogens is 200 g/mol. The highest BCUT2D eigenvalue weighted by Gasteiger charge is 2.31. The van der Waals surface area contributed by atoms with Crippen LogP contribution in [0.5, 0.6) is 0 Å². The second-order valence-corrected chi connectivity index (χ2v) is 5.61. The van der Waals surface area contributed by atoms with Crippen LogP contribution < -0.4 is 5.73 Å². The Morgan fingerprint density at radius 2 is 1.81 bits per heavy atom. The van der Waals surface area contributed by atoms with E-state index in [4.69, 9.17) is 5.73 Å². The first kappa shape index (κ1) is 13.5. The molecule has 0 aromatic heterocycles. The Morgan fingerprint density at radius 3 is 2.25 bits per heavy atom. The number of likely N-dealkylation sites (tertiary alicyclic amines) is 1. The van der Waals surface area contributed by atoms with Crippen LogP contribution in [0.3, 0.4) is 0 Å². The number of hydrogen-bond acceptors (Lipinski definition) is 2. The van der Waals surface area contributed by atoms with Gasteiger partial charge in [0.25, 0.3) is 0 Å². The van der Waals surface area contributed by atoms with Crippen LogP contribution in [0.4, 0.5) is 0 Å². The van der Waals surface area contributed by atoms with Crippen molar-refractivity contribution in [3.63, 3.8) is 0 Å². The fourth-order valence-corrected chi connectivity index (χ4v) is 2.66. The van der Waals surface area contributed by atoms with Gasteiger partial charge in [0.05, 0.1) is 6.04 Å². The minimum atomic E-state index is -0.317. The summed E-state index contributed by atoms with van der Waals surface area (Å²) in [4.78, 5) is 14.3. The summed E-state index contributed by atoms with van der Waals surface area (Å²) in [5.74, 6) is 0.628. The van der Waals surface area contributed by atoms with Gasteiger partial charge in [-0.1, -0.05) is 13.8 Å². The molecule has 0 bridgehead atoms. The van der Waals surface area contributed by atoms with Crippen LogP contribution in [-0.4, -0.2) is 28.9 Å². The lowest BCUT2D eigenvalue weighted by molar-refractivity contribution is -0.139. The van der Waals surface area contributed by atoms with Crippen LogP contribution in [0.15, 0.2) is 0 Å². The Hall–Kier alpha value is -0.570. The van der Waals surface area contributed by atoms with Gasteiger partial charge in [0.1, 0.15) is 0 Å². The molecule has 1 saturated heterocycles. The van der Waals surface area contributed by atoms with Crippen molar-refractivity contribution < 1.29 is 4.79 Å². The van der Waals surface area contributed by atoms with E-state index in [1.54, 1.807) is 0 Å². The number of nitrogens with two attached hydrogens (primary N) is 1. The molecule has 0 unspecified atom stereocenters. The third kappa shape index (κ3) is 3.21. The monoisotopic (exact) mass is 226 g/mol. The van der Waals surface area contributed by atoms with Crippen molar-refractivity contribution in [3.8, 4) is 0 Å². The zero-order valence-electron chi connectivity index (χ0n) is 11.1. The molecule has 1 amide bonds. The summed E-state index contributed by atoms with van der Waals surface area (Å²) in [5, 5.41) is 0. The van der Waals surface area contributed by atoms with Gasteiger partial charge in [0.2, 0.25) is 5.91 Å². The number of carbonyl (C=O) groups is 1. The summed E-state index contributed by atoms with van der Waals surface area (Å²) in [5.41, 5.74) is 5.98. The molecular formula is C13H26N2O. The fourth-order valence-electron chi connectivity index (χ4n) is 2.66. The van der Waals surface area contributed by atoms with Gasteiger partial charge < -0.3 is 10.6 Å². The number of nitrogens with zero attached hydrogens (tertiary/aromatic N) is 1. The lowest BCUT2D eigenvalue weighted by atomic mass is 9.95. The maximum atomic E-state index is 12.3. The molecule has 0 aromatic carbocycles. The van der Waals surface area contributed by atoms with Crippen molar-refractivity contribution in [1.82, 2.24) is 4.90 Å². The molecule has 3 atom stereocenters. The predicted molar refractivity (Wildman–Crippen MR) is 67.1 cm³/mol. The second-order valence-electron chi connectivity index (χ2n) is 5.61. The highest BCUT2D eigenvalue weighted by molar-refractivity contribution is 5.82. The smallest absolute Gasteiger partial charge is 0.239 e. The van der Waals surface area contributed by atoms with Gasteiger partial charge >= 0.3 is 0 Å². The maximum absolute atomic E-state index is 12.3. The lowest BCUT2D eigenvalue weighted by Crippen LogP contribution is -2.53. The average molecular weight is 226 g/mol. The zero-order chi connectivity index (χ0) is 12.3. The third-order valence-electron chi connectivity index (χ3n) is 3.49. The number of hydrogen-bond donors (Lipinski definition) is 1. The minimum Gasteiger partial charge on any atom is -0.336 e. The molecule has 0 aromatic rings. The Labute approximate surface area is 99.4 Å². The summed E-state index contributed by atoms with van der Waals surface area (Å²) in [6, 6.07) is 0.395. The van der Waals surface area contributed by atoms with Crippen molar-refractivity contribution in [3.05, 3.63) is 0 Å². The molecule has 1 rings (SSSR count). The lowest BCUT2D eigenvalue weighted by Gasteiger charge is -2.40. The normalized spacial score (nSPS) is 28.2. The van der Waals surface area contributed by atoms with Crippen LogP contribution in [0.25, 0.3) is 0 Å². The van der Waals surface area contributed by atoms with Crippen molar-refractivity contribution >= 4 is 5.91 Å². The fraction of sp³-hybridized carbons (Fsp3) is 0.923. The Morgan fingerprint density at radius 1 is 1.31 bits per heavy atom. The van der Waals surface area contributed by atoms with Crippen LogP contribution in [-0.2, 0) is 4.79 Å². The topological polar surface area (TPSA) is 46.3 Å². The van der Waals surface area contributed by atoms with Gasteiger partial charge in [0.15, 0.2) is 0 Å². The molecule has 1 aliphatic rings. The van der Waals surface area contributed by atoms with Gasteiger partial charge in [-0.15, -0.1) is 0 Å². The molecule has 2 N–H and O–H groups in total. The van der Waals surface area contributed by atoms with Crippen molar-refractivity contribution in [2.24, 2.45) is 11.7 Å². The van der Waals surface area contributed by atoms with Crippen molar-refractivity contribution in [2.75, 3.05) is 0 Å². The Balaban J connectivity index is 2.63. The van der Waals surface area contributed by atoms with Gasteiger partial charge in [-0.3, -0.25) is 4.79 Å². The van der Waals surface area contributed by atoms with Gasteiger partial charge in [0, 0.05) is 12.1 Å².